The predicted molar refractivity (Wildman–Crippen MR) is 84.0 cm³/mol. The van der Waals surface area contributed by atoms with Gasteiger partial charge in [0.1, 0.15) is 0 Å². The molecule has 0 aliphatic carbocycles. The van der Waals surface area contributed by atoms with E-state index in [1.165, 1.54) is 24.3 Å². The van der Waals surface area contributed by atoms with E-state index in [9.17, 15) is 13.2 Å². The first-order valence-corrected chi connectivity index (χ1v) is 8.64. The number of carbonyl (C=O) groups is 1. The lowest BCUT2D eigenvalue weighted by molar-refractivity contribution is -0.111. The Balaban J connectivity index is 1.96. The average molecular weight is 324 g/mol. The second kappa shape index (κ2) is 7.53. The lowest BCUT2D eigenvalue weighted by Crippen LogP contribution is -2.35. The van der Waals surface area contributed by atoms with Crippen LogP contribution in [-0.2, 0) is 19.6 Å². The van der Waals surface area contributed by atoms with E-state index >= 15 is 0 Å². The van der Waals surface area contributed by atoms with Gasteiger partial charge in [-0.1, -0.05) is 6.58 Å². The molecule has 7 heteroatoms. The van der Waals surface area contributed by atoms with Gasteiger partial charge in [-0.3, -0.25) is 4.79 Å². The van der Waals surface area contributed by atoms with Crippen molar-refractivity contribution < 1.29 is 17.9 Å². The van der Waals surface area contributed by atoms with Gasteiger partial charge in [0.15, 0.2) is 0 Å². The van der Waals surface area contributed by atoms with Crippen molar-refractivity contribution in [1.82, 2.24) is 4.72 Å². The minimum absolute atomic E-state index is 0.0605. The second-order valence-corrected chi connectivity index (χ2v) is 6.83. The largest absolute Gasteiger partial charge is 0.377 e. The average Bonchev–Trinajstić information content (AvgIpc) is 2.54. The van der Waals surface area contributed by atoms with Gasteiger partial charge >= 0.3 is 0 Å². The molecule has 2 N–H and O–H groups in total. The summed E-state index contributed by atoms with van der Waals surface area (Å²) in [5.74, 6) is -0.344. The molecule has 1 heterocycles. The summed E-state index contributed by atoms with van der Waals surface area (Å²) < 4.78 is 32.4. The van der Waals surface area contributed by atoms with Crippen LogP contribution in [0.5, 0.6) is 0 Å². The van der Waals surface area contributed by atoms with Gasteiger partial charge in [0.25, 0.3) is 0 Å². The van der Waals surface area contributed by atoms with E-state index < -0.39 is 10.0 Å². The van der Waals surface area contributed by atoms with E-state index in [0.717, 1.165) is 25.3 Å². The van der Waals surface area contributed by atoms with E-state index in [-0.39, 0.29) is 23.5 Å². The van der Waals surface area contributed by atoms with E-state index in [4.69, 9.17) is 4.74 Å². The molecule has 1 aliphatic heterocycles. The van der Waals surface area contributed by atoms with Gasteiger partial charge in [-0.2, -0.15) is 0 Å². The van der Waals surface area contributed by atoms with Crippen molar-refractivity contribution >= 4 is 21.6 Å². The van der Waals surface area contributed by atoms with Crippen molar-refractivity contribution in [2.45, 2.75) is 30.3 Å². The third-order valence-corrected chi connectivity index (χ3v) is 4.83. The summed E-state index contributed by atoms with van der Waals surface area (Å²) >= 11 is 0. The number of hydrogen-bond acceptors (Lipinski definition) is 4. The third-order valence-electron chi connectivity index (χ3n) is 3.39. The topological polar surface area (TPSA) is 84.5 Å². The monoisotopic (exact) mass is 324 g/mol. The maximum Gasteiger partial charge on any atom is 0.247 e. The predicted octanol–water partition coefficient (Wildman–Crippen LogP) is 1.66. The molecule has 1 aliphatic rings. The van der Waals surface area contributed by atoms with E-state index in [1.807, 2.05) is 0 Å². The number of hydrogen-bond donors (Lipinski definition) is 2. The Labute approximate surface area is 130 Å². The van der Waals surface area contributed by atoms with Gasteiger partial charge in [0.05, 0.1) is 11.0 Å². The van der Waals surface area contributed by atoms with E-state index in [1.54, 1.807) is 0 Å². The van der Waals surface area contributed by atoms with Crippen LogP contribution in [0, 0.1) is 0 Å². The van der Waals surface area contributed by atoms with E-state index in [2.05, 4.69) is 16.6 Å². The van der Waals surface area contributed by atoms with Crippen LogP contribution >= 0.6 is 0 Å². The highest BCUT2D eigenvalue weighted by Crippen LogP contribution is 2.16. The Hall–Kier alpha value is -1.70. The normalized spacial score (nSPS) is 18.6. The summed E-state index contributed by atoms with van der Waals surface area (Å²) in [5, 5.41) is 2.56. The molecule has 120 valence electrons. The highest BCUT2D eigenvalue weighted by atomic mass is 32.2. The fourth-order valence-electron chi connectivity index (χ4n) is 2.17. The summed E-state index contributed by atoms with van der Waals surface area (Å²) in [6.07, 6.45) is 4.05. The highest BCUT2D eigenvalue weighted by Gasteiger charge is 2.19. The minimum atomic E-state index is -3.57. The third kappa shape index (κ3) is 4.66. The zero-order valence-electron chi connectivity index (χ0n) is 12.2. The molecule has 0 spiro atoms. The second-order valence-electron chi connectivity index (χ2n) is 5.06. The SMILES string of the molecule is C=CC(=O)Nc1ccc(S(=O)(=O)NCC2CCCCO2)cc1. The molecule has 1 saturated heterocycles. The number of nitrogens with one attached hydrogen (secondary N) is 2. The molecule has 1 aromatic carbocycles. The number of anilines is 1. The van der Waals surface area contributed by atoms with Crippen molar-refractivity contribution in [3.05, 3.63) is 36.9 Å². The van der Waals surface area contributed by atoms with Crippen molar-refractivity contribution in [2.75, 3.05) is 18.5 Å². The summed E-state index contributed by atoms with van der Waals surface area (Å²) in [5.41, 5.74) is 0.513. The molecule has 22 heavy (non-hydrogen) atoms. The quantitative estimate of drug-likeness (QED) is 0.779. The molecule has 1 fully saturated rings. The van der Waals surface area contributed by atoms with Crippen LogP contribution in [-0.4, -0.2) is 33.6 Å². The van der Waals surface area contributed by atoms with Crippen molar-refractivity contribution in [3.8, 4) is 0 Å². The summed E-state index contributed by atoms with van der Waals surface area (Å²) in [7, 11) is -3.57. The first-order valence-electron chi connectivity index (χ1n) is 7.16. The molecular formula is C15H20N2O4S. The fraction of sp³-hybridized carbons (Fsp3) is 0.400. The Bertz CT molecular complexity index is 619. The Kier molecular flexibility index (Phi) is 5.70. The molecule has 0 radical (unpaired) electrons. The Morgan fingerprint density at radius 2 is 2.05 bits per heavy atom. The number of ether oxygens (including phenoxy) is 1. The summed E-state index contributed by atoms with van der Waals surface area (Å²) in [6, 6.07) is 5.96. The van der Waals surface area contributed by atoms with Crippen molar-refractivity contribution in [1.29, 1.82) is 0 Å². The number of sulfonamides is 1. The zero-order valence-corrected chi connectivity index (χ0v) is 13.1. The fourth-order valence-corrected chi connectivity index (χ4v) is 3.23. The minimum Gasteiger partial charge on any atom is -0.377 e. The van der Waals surface area contributed by atoms with Gasteiger partial charge in [-0.05, 0) is 49.6 Å². The lowest BCUT2D eigenvalue weighted by atomic mass is 10.1. The zero-order chi connectivity index (χ0) is 16.0. The smallest absolute Gasteiger partial charge is 0.247 e. The standard InChI is InChI=1S/C15H20N2O4S/c1-2-15(18)17-12-6-8-14(9-7-12)22(19,20)16-11-13-5-3-4-10-21-13/h2,6-9,13,16H,1,3-5,10-11H2,(H,17,18). The van der Waals surface area contributed by atoms with Crippen LogP contribution in [0.25, 0.3) is 0 Å². The molecule has 6 nitrogen and oxygen atoms in total. The van der Waals surface area contributed by atoms with Gasteiger partial charge in [0.2, 0.25) is 15.9 Å². The van der Waals surface area contributed by atoms with E-state index in [0.29, 0.717) is 12.3 Å². The van der Waals surface area contributed by atoms with Gasteiger partial charge < -0.3 is 10.1 Å². The van der Waals surface area contributed by atoms with Crippen LogP contribution in [0.15, 0.2) is 41.8 Å². The summed E-state index contributed by atoms with van der Waals surface area (Å²) in [6.45, 7) is 4.31. The highest BCUT2D eigenvalue weighted by molar-refractivity contribution is 7.89. The molecule has 0 saturated carbocycles. The number of benzene rings is 1. The molecule has 1 atom stereocenters. The number of carbonyl (C=O) groups excluding carboxylic acids is 1. The number of rotatable bonds is 6. The van der Waals surface area contributed by atoms with Crippen LogP contribution in [0.4, 0.5) is 5.69 Å². The molecule has 1 aromatic rings. The molecule has 0 bridgehead atoms. The van der Waals surface area contributed by atoms with Crippen molar-refractivity contribution in [3.63, 3.8) is 0 Å². The summed E-state index contributed by atoms with van der Waals surface area (Å²) in [4.78, 5) is 11.3. The van der Waals surface area contributed by atoms with Gasteiger partial charge in [-0.15, -0.1) is 0 Å². The molecule has 2 rings (SSSR count). The Morgan fingerprint density at radius 3 is 2.64 bits per heavy atom. The first-order chi connectivity index (χ1) is 10.5. The van der Waals surface area contributed by atoms with Gasteiger partial charge in [0, 0.05) is 18.8 Å². The van der Waals surface area contributed by atoms with Gasteiger partial charge in [-0.25, -0.2) is 13.1 Å². The maximum atomic E-state index is 12.2. The van der Waals surface area contributed by atoms with Crippen LogP contribution in [0.2, 0.25) is 0 Å². The van der Waals surface area contributed by atoms with Crippen LogP contribution in [0.3, 0.4) is 0 Å². The molecule has 1 unspecified atom stereocenters. The maximum absolute atomic E-state index is 12.2. The van der Waals surface area contributed by atoms with Crippen molar-refractivity contribution in [2.24, 2.45) is 0 Å². The lowest BCUT2D eigenvalue weighted by Gasteiger charge is -2.22. The van der Waals surface area contributed by atoms with Crippen LogP contribution in [0.1, 0.15) is 19.3 Å². The molecular weight excluding hydrogens is 304 g/mol. The molecule has 0 aromatic heterocycles. The van der Waals surface area contributed by atoms with Crippen LogP contribution < -0.4 is 10.0 Å². The first kappa shape index (κ1) is 16.7. The number of amides is 1. The Morgan fingerprint density at radius 1 is 1.32 bits per heavy atom. The molecule has 1 amide bonds.